The van der Waals surface area contributed by atoms with Crippen LogP contribution in [0.1, 0.15) is 44.2 Å². The second kappa shape index (κ2) is 5.92. The Morgan fingerprint density at radius 2 is 2.05 bits per heavy atom. The minimum absolute atomic E-state index is 0.0603. The fraction of sp³-hybridized carbons (Fsp3) is 0.562. The lowest BCUT2D eigenvalue weighted by molar-refractivity contribution is 0.109. The van der Waals surface area contributed by atoms with E-state index in [9.17, 15) is 4.39 Å². The maximum Gasteiger partial charge on any atom is 0.123 e. The second-order valence-electron chi connectivity index (χ2n) is 6.16. The van der Waals surface area contributed by atoms with E-state index in [2.05, 4.69) is 18.7 Å². The van der Waals surface area contributed by atoms with E-state index in [1.807, 2.05) is 0 Å². The van der Waals surface area contributed by atoms with E-state index in [4.69, 9.17) is 11.1 Å². The molecule has 0 atom stereocenters. The third-order valence-corrected chi connectivity index (χ3v) is 4.67. The fourth-order valence-electron chi connectivity index (χ4n) is 2.78. The number of nitrogens with zero attached hydrogens (tertiary/aromatic N) is 1. The Morgan fingerprint density at radius 1 is 1.40 bits per heavy atom. The number of amidine groups is 1. The van der Waals surface area contributed by atoms with Gasteiger partial charge in [-0.2, -0.15) is 0 Å². The SMILES string of the molecule is CCC1(C)CCN(Cc2ccc(F)cc2C(=N)N)CC1. The smallest absolute Gasteiger partial charge is 0.123 e. The monoisotopic (exact) mass is 277 g/mol. The summed E-state index contributed by atoms with van der Waals surface area (Å²) in [6.07, 6.45) is 3.61. The molecular formula is C16H24FN3. The van der Waals surface area contributed by atoms with Crippen LogP contribution in [0.2, 0.25) is 0 Å². The van der Waals surface area contributed by atoms with Gasteiger partial charge in [-0.1, -0.05) is 26.3 Å². The van der Waals surface area contributed by atoms with Crippen molar-refractivity contribution in [2.45, 2.75) is 39.7 Å². The number of nitrogens with one attached hydrogen (secondary N) is 1. The lowest BCUT2D eigenvalue weighted by Crippen LogP contribution is -2.38. The molecule has 1 fully saturated rings. The van der Waals surface area contributed by atoms with Crippen LogP contribution in [0.3, 0.4) is 0 Å². The molecule has 0 radical (unpaired) electrons. The Kier molecular flexibility index (Phi) is 4.43. The van der Waals surface area contributed by atoms with Crippen molar-refractivity contribution in [2.75, 3.05) is 13.1 Å². The lowest BCUT2D eigenvalue weighted by atomic mass is 9.78. The van der Waals surface area contributed by atoms with Crippen molar-refractivity contribution in [2.24, 2.45) is 11.1 Å². The number of hydrogen-bond acceptors (Lipinski definition) is 2. The molecule has 3 N–H and O–H groups in total. The van der Waals surface area contributed by atoms with Gasteiger partial charge in [-0.25, -0.2) is 4.39 Å². The first-order valence-electron chi connectivity index (χ1n) is 7.29. The van der Waals surface area contributed by atoms with E-state index < -0.39 is 0 Å². The third-order valence-electron chi connectivity index (χ3n) is 4.67. The molecule has 2 rings (SSSR count). The molecule has 3 nitrogen and oxygen atoms in total. The van der Waals surface area contributed by atoms with Gasteiger partial charge >= 0.3 is 0 Å². The van der Waals surface area contributed by atoms with Gasteiger partial charge in [0.05, 0.1) is 0 Å². The summed E-state index contributed by atoms with van der Waals surface area (Å²) in [4.78, 5) is 2.37. The van der Waals surface area contributed by atoms with Gasteiger partial charge in [-0.3, -0.25) is 10.3 Å². The van der Waals surface area contributed by atoms with Crippen LogP contribution in [0.4, 0.5) is 4.39 Å². The van der Waals surface area contributed by atoms with Gasteiger partial charge < -0.3 is 5.73 Å². The van der Waals surface area contributed by atoms with Crippen molar-refractivity contribution >= 4 is 5.84 Å². The maximum atomic E-state index is 13.3. The Bertz CT molecular complexity index is 490. The van der Waals surface area contributed by atoms with E-state index in [0.717, 1.165) is 25.2 Å². The van der Waals surface area contributed by atoms with E-state index >= 15 is 0 Å². The van der Waals surface area contributed by atoms with Gasteiger partial charge in [0, 0.05) is 12.1 Å². The predicted octanol–water partition coefficient (Wildman–Crippen LogP) is 3.12. The van der Waals surface area contributed by atoms with Crippen LogP contribution in [-0.4, -0.2) is 23.8 Å². The Hall–Kier alpha value is -1.42. The normalized spacial score (nSPS) is 18.9. The van der Waals surface area contributed by atoms with Gasteiger partial charge in [0.1, 0.15) is 11.7 Å². The molecule has 0 bridgehead atoms. The zero-order chi connectivity index (χ0) is 14.8. The molecule has 0 aliphatic carbocycles. The van der Waals surface area contributed by atoms with E-state index in [1.165, 1.54) is 31.4 Å². The van der Waals surface area contributed by atoms with Crippen LogP contribution in [0, 0.1) is 16.6 Å². The molecule has 1 aromatic rings. The summed E-state index contributed by atoms with van der Waals surface area (Å²) in [5.41, 5.74) is 7.48. The van der Waals surface area contributed by atoms with Crippen LogP contribution in [0.5, 0.6) is 0 Å². The summed E-state index contributed by atoms with van der Waals surface area (Å²) in [6, 6.07) is 4.55. The highest BCUT2D eigenvalue weighted by Gasteiger charge is 2.28. The van der Waals surface area contributed by atoms with Crippen molar-refractivity contribution in [1.29, 1.82) is 5.41 Å². The van der Waals surface area contributed by atoms with Crippen LogP contribution in [0.15, 0.2) is 18.2 Å². The molecule has 1 saturated heterocycles. The minimum Gasteiger partial charge on any atom is -0.384 e. The van der Waals surface area contributed by atoms with Crippen LogP contribution >= 0.6 is 0 Å². The predicted molar refractivity (Wildman–Crippen MR) is 80.3 cm³/mol. The zero-order valence-corrected chi connectivity index (χ0v) is 12.4. The van der Waals surface area contributed by atoms with Gasteiger partial charge in [-0.15, -0.1) is 0 Å². The molecule has 1 heterocycles. The number of piperidine rings is 1. The number of halogens is 1. The lowest BCUT2D eigenvalue weighted by Gasteiger charge is -2.39. The van der Waals surface area contributed by atoms with E-state index in [-0.39, 0.29) is 11.7 Å². The molecule has 20 heavy (non-hydrogen) atoms. The van der Waals surface area contributed by atoms with Gasteiger partial charge in [-0.05, 0) is 49.0 Å². The maximum absolute atomic E-state index is 13.3. The first-order chi connectivity index (χ1) is 9.43. The van der Waals surface area contributed by atoms with Crippen molar-refractivity contribution in [3.63, 3.8) is 0 Å². The number of nitrogen functional groups attached to an aromatic ring is 1. The van der Waals surface area contributed by atoms with E-state index in [0.29, 0.717) is 11.0 Å². The average Bonchev–Trinajstić information content (AvgIpc) is 2.43. The quantitative estimate of drug-likeness (QED) is 0.656. The van der Waals surface area contributed by atoms with Crippen LogP contribution in [-0.2, 0) is 6.54 Å². The fourth-order valence-corrected chi connectivity index (χ4v) is 2.78. The Balaban J connectivity index is 2.06. The number of hydrogen-bond donors (Lipinski definition) is 2. The van der Waals surface area contributed by atoms with Crippen LogP contribution < -0.4 is 5.73 Å². The summed E-state index contributed by atoms with van der Waals surface area (Å²) < 4.78 is 13.3. The highest BCUT2D eigenvalue weighted by Crippen LogP contribution is 2.34. The first kappa shape index (κ1) is 15.0. The van der Waals surface area contributed by atoms with Gasteiger partial charge in [0.25, 0.3) is 0 Å². The van der Waals surface area contributed by atoms with Gasteiger partial charge in [0.15, 0.2) is 0 Å². The topological polar surface area (TPSA) is 53.1 Å². The number of rotatable bonds is 4. The average molecular weight is 277 g/mol. The summed E-state index contributed by atoms with van der Waals surface area (Å²) in [5.74, 6) is -0.397. The number of nitrogens with two attached hydrogens (primary N) is 1. The molecule has 110 valence electrons. The summed E-state index contributed by atoms with van der Waals surface area (Å²) in [6.45, 7) is 7.46. The summed E-state index contributed by atoms with van der Waals surface area (Å²) >= 11 is 0. The molecule has 0 amide bonds. The molecule has 1 aromatic carbocycles. The van der Waals surface area contributed by atoms with E-state index in [1.54, 1.807) is 6.07 Å². The molecule has 4 heteroatoms. The molecule has 1 aliphatic rings. The van der Waals surface area contributed by atoms with Crippen molar-refractivity contribution in [3.05, 3.63) is 35.1 Å². The molecular weight excluding hydrogens is 253 g/mol. The van der Waals surface area contributed by atoms with Gasteiger partial charge in [0.2, 0.25) is 0 Å². The molecule has 0 unspecified atom stereocenters. The number of benzene rings is 1. The molecule has 0 spiro atoms. The standard InChI is InChI=1S/C16H24FN3/c1-3-16(2)6-8-20(9-7-16)11-12-4-5-13(17)10-14(12)15(18)19/h4-5,10H,3,6-9,11H2,1-2H3,(H3,18,19). The first-order valence-corrected chi connectivity index (χ1v) is 7.29. The largest absolute Gasteiger partial charge is 0.384 e. The molecule has 0 aromatic heterocycles. The zero-order valence-electron chi connectivity index (χ0n) is 12.4. The Morgan fingerprint density at radius 3 is 2.60 bits per heavy atom. The second-order valence-corrected chi connectivity index (χ2v) is 6.16. The third kappa shape index (κ3) is 3.37. The van der Waals surface area contributed by atoms with Crippen molar-refractivity contribution in [3.8, 4) is 0 Å². The molecule has 0 saturated carbocycles. The highest BCUT2D eigenvalue weighted by atomic mass is 19.1. The summed E-state index contributed by atoms with van der Waals surface area (Å²) in [5, 5.41) is 7.58. The van der Waals surface area contributed by atoms with Crippen LogP contribution in [0.25, 0.3) is 0 Å². The summed E-state index contributed by atoms with van der Waals surface area (Å²) in [7, 11) is 0. The van der Waals surface area contributed by atoms with Crippen molar-refractivity contribution < 1.29 is 4.39 Å². The molecule has 1 aliphatic heterocycles. The number of likely N-dealkylation sites (tertiary alicyclic amines) is 1. The minimum atomic E-state index is -0.337. The highest BCUT2D eigenvalue weighted by molar-refractivity contribution is 5.96. The Labute approximate surface area is 120 Å². The van der Waals surface area contributed by atoms with Crippen molar-refractivity contribution in [1.82, 2.24) is 4.90 Å².